The summed E-state index contributed by atoms with van der Waals surface area (Å²) in [5.41, 5.74) is 0.527. The lowest BCUT2D eigenvalue weighted by atomic mass is 10.1. The van der Waals surface area contributed by atoms with Gasteiger partial charge in [-0.2, -0.15) is 0 Å². The van der Waals surface area contributed by atoms with Gasteiger partial charge in [-0.25, -0.2) is 9.97 Å². The summed E-state index contributed by atoms with van der Waals surface area (Å²) in [4.78, 5) is 23.2. The van der Waals surface area contributed by atoms with Crippen molar-refractivity contribution < 1.29 is 4.79 Å². The summed E-state index contributed by atoms with van der Waals surface area (Å²) in [7, 11) is 0. The third-order valence-corrected chi connectivity index (χ3v) is 4.98. The highest BCUT2D eigenvalue weighted by Gasteiger charge is 2.24. The van der Waals surface area contributed by atoms with Crippen LogP contribution >= 0.6 is 0 Å². The molecule has 0 unspecified atom stereocenters. The monoisotopic (exact) mass is 360 g/mol. The van der Waals surface area contributed by atoms with E-state index in [1.54, 1.807) is 0 Å². The number of carbonyl (C=O) groups excluding carboxylic acids is 1. The minimum absolute atomic E-state index is 0.000964. The van der Waals surface area contributed by atoms with Gasteiger partial charge in [0, 0.05) is 37.3 Å². The molecule has 0 bridgehead atoms. The number of aromatic nitrogens is 2. The molecule has 1 saturated carbocycles. The van der Waals surface area contributed by atoms with Crippen molar-refractivity contribution in [2.45, 2.75) is 65.5 Å². The van der Waals surface area contributed by atoms with E-state index >= 15 is 0 Å². The second-order valence-corrected chi connectivity index (χ2v) is 7.45. The first-order chi connectivity index (χ1) is 12.4. The molecule has 7 nitrogen and oxygen atoms in total. The molecular weight excluding hydrogens is 328 g/mol. The van der Waals surface area contributed by atoms with E-state index in [1.807, 2.05) is 0 Å². The molecule has 1 aromatic heterocycles. The van der Waals surface area contributed by atoms with E-state index in [4.69, 9.17) is 5.41 Å². The summed E-state index contributed by atoms with van der Waals surface area (Å²) in [6, 6.07) is 0.927. The molecule has 1 fully saturated rings. The van der Waals surface area contributed by atoms with Gasteiger partial charge >= 0.3 is 0 Å². The predicted molar refractivity (Wildman–Crippen MR) is 106 cm³/mol. The van der Waals surface area contributed by atoms with Crippen molar-refractivity contribution in [1.29, 1.82) is 5.41 Å². The number of rotatable bonds is 9. The molecule has 0 aromatic carbocycles. The summed E-state index contributed by atoms with van der Waals surface area (Å²) < 4.78 is 0. The Hall–Kier alpha value is -2.02. The zero-order chi connectivity index (χ0) is 19.1. The van der Waals surface area contributed by atoms with Crippen LogP contribution in [0.5, 0.6) is 0 Å². The highest BCUT2D eigenvalue weighted by atomic mass is 16.1. The Morgan fingerprint density at radius 1 is 1.23 bits per heavy atom. The van der Waals surface area contributed by atoms with Crippen LogP contribution in [0.25, 0.3) is 0 Å². The molecule has 0 aliphatic heterocycles. The predicted octanol–water partition coefficient (Wildman–Crippen LogP) is 3.13. The van der Waals surface area contributed by atoms with Gasteiger partial charge in [0.1, 0.15) is 18.0 Å². The van der Waals surface area contributed by atoms with Crippen LogP contribution in [0.2, 0.25) is 0 Å². The van der Waals surface area contributed by atoms with E-state index < -0.39 is 0 Å². The maximum atomic E-state index is 12.4. The molecule has 0 radical (unpaired) electrons. The molecule has 144 valence electrons. The highest BCUT2D eigenvalue weighted by Crippen LogP contribution is 2.26. The number of amides is 1. The largest absolute Gasteiger partial charge is 0.368 e. The molecule has 3 N–H and O–H groups in total. The molecule has 1 aliphatic rings. The second kappa shape index (κ2) is 9.62. The van der Waals surface area contributed by atoms with Crippen molar-refractivity contribution in [2.24, 2.45) is 5.92 Å². The third-order valence-electron chi connectivity index (χ3n) is 4.98. The average Bonchev–Trinajstić information content (AvgIpc) is 3.13. The Kier molecular flexibility index (Phi) is 7.50. The number of hydrogen-bond acceptors (Lipinski definition) is 6. The van der Waals surface area contributed by atoms with Crippen LogP contribution < -0.4 is 10.6 Å². The molecule has 1 heterocycles. The minimum Gasteiger partial charge on any atom is -0.368 e. The fourth-order valence-electron chi connectivity index (χ4n) is 3.60. The smallest absolute Gasteiger partial charge is 0.228 e. The van der Waals surface area contributed by atoms with E-state index in [0.717, 1.165) is 32.2 Å². The van der Waals surface area contributed by atoms with E-state index in [-0.39, 0.29) is 11.8 Å². The van der Waals surface area contributed by atoms with Gasteiger partial charge in [0.05, 0.1) is 5.56 Å². The van der Waals surface area contributed by atoms with Crippen molar-refractivity contribution in [1.82, 2.24) is 14.9 Å². The van der Waals surface area contributed by atoms with Gasteiger partial charge in [0.2, 0.25) is 5.91 Å². The zero-order valence-electron chi connectivity index (χ0n) is 16.4. The van der Waals surface area contributed by atoms with Crippen LogP contribution in [0, 0.1) is 11.3 Å². The van der Waals surface area contributed by atoms with Crippen LogP contribution in [0.3, 0.4) is 0 Å². The van der Waals surface area contributed by atoms with Crippen molar-refractivity contribution >= 4 is 23.8 Å². The average molecular weight is 361 g/mol. The number of carbonyl (C=O) groups is 1. The maximum absolute atomic E-state index is 12.4. The Bertz CT molecular complexity index is 602. The van der Waals surface area contributed by atoms with Crippen LogP contribution in [-0.4, -0.2) is 52.2 Å². The summed E-state index contributed by atoms with van der Waals surface area (Å²) in [5.74, 6) is 1.06. The van der Waals surface area contributed by atoms with Gasteiger partial charge in [-0.3, -0.25) is 9.69 Å². The Morgan fingerprint density at radius 2 is 1.85 bits per heavy atom. The van der Waals surface area contributed by atoms with Gasteiger partial charge in [0.15, 0.2) is 0 Å². The lowest BCUT2D eigenvalue weighted by molar-refractivity contribution is -0.119. The van der Waals surface area contributed by atoms with E-state index in [9.17, 15) is 4.79 Å². The molecular formula is C19H32N6O. The van der Waals surface area contributed by atoms with E-state index in [0.29, 0.717) is 35.8 Å². The summed E-state index contributed by atoms with van der Waals surface area (Å²) in [5, 5.41) is 13.9. The first kappa shape index (κ1) is 20.3. The number of nitrogens with zero attached hydrogens (tertiary/aromatic N) is 3. The van der Waals surface area contributed by atoms with E-state index in [2.05, 4.69) is 53.2 Å². The van der Waals surface area contributed by atoms with Gasteiger partial charge in [-0.1, -0.05) is 12.8 Å². The molecule has 2 rings (SSSR count). The minimum atomic E-state index is 0.000964. The van der Waals surface area contributed by atoms with E-state index in [1.165, 1.54) is 12.5 Å². The number of anilines is 2. The molecule has 0 saturated heterocycles. The normalized spacial score (nSPS) is 15.0. The number of hydrogen-bond donors (Lipinski definition) is 3. The standard InChI is InChI=1S/C19H32N6O/c1-13(2)25(14(3)4)10-9-21-17-16(11-20)18(23-12-22-17)24-19(26)15-7-5-6-8-15/h11-15,20H,5-10H2,1-4H3,(H2,21,22,23,24,26). The Balaban J connectivity index is 2.02. The summed E-state index contributed by atoms with van der Waals surface area (Å²) >= 11 is 0. The lowest BCUT2D eigenvalue weighted by Gasteiger charge is -2.30. The van der Waals surface area contributed by atoms with Crippen LogP contribution in [0.15, 0.2) is 6.33 Å². The molecule has 7 heteroatoms. The van der Waals surface area contributed by atoms with Gasteiger partial charge < -0.3 is 16.0 Å². The lowest BCUT2D eigenvalue weighted by Crippen LogP contribution is -2.40. The Morgan fingerprint density at radius 3 is 2.42 bits per heavy atom. The van der Waals surface area contributed by atoms with Gasteiger partial charge in [0.25, 0.3) is 0 Å². The maximum Gasteiger partial charge on any atom is 0.228 e. The Labute approximate surface area is 156 Å². The summed E-state index contributed by atoms with van der Waals surface area (Å²) in [6.07, 6.45) is 6.71. The molecule has 1 amide bonds. The quantitative estimate of drug-likeness (QED) is 0.588. The highest BCUT2D eigenvalue weighted by molar-refractivity contribution is 5.99. The second-order valence-electron chi connectivity index (χ2n) is 7.45. The van der Waals surface area contributed by atoms with Gasteiger partial charge in [-0.05, 0) is 40.5 Å². The third kappa shape index (κ3) is 5.24. The van der Waals surface area contributed by atoms with Gasteiger partial charge in [-0.15, -0.1) is 0 Å². The van der Waals surface area contributed by atoms with Crippen LogP contribution in [0.1, 0.15) is 58.9 Å². The van der Waals surface area contributed by atoms with Crippen LogP contribution in [-0.2, 0) is 4.79 Å². The molecule has 1 aliphatic carbocycles. The van der Waals surface area contributed by atoms with Crippen molar-refractivity contribution in [3.8, 4) is 0 Å². The zero-order valence-corrected chi connectivity index (χ0v) is 16.4. The first-order valence-corrected chi connectivity index (χ1v) is 9.60. The topological polar surface area (TPSA) is 94.0 Å². The number of nitrogens with one attached hydrogen (secondary N) is 3. The molecule has 26 heavy (non-hydrogen) atoms. The van der Waals surface area contributed by atoms with Crippen molar-refractivity contribution in [3.63, 3.8) is 0 Å². The SMILES string of the molecule is CC(C)N(CCNc1ncnc(NC(=O)C2CCCC2)c1C=N)C(C)C. The molecule has 1 aromatic rings. The van der Waals surface area contributed by atoms with Crippen LogP contribution in [0.4, 0.5) is 11.6 Å². The molecule has 0 spiro atoms. The fourth-order valence-corrected chi connectivity index (χ4v) is 3.60. The summed E-state index contributed by atoms with van der Waals surface area (Å²) in [6.45, 7) is 10.3. The van der Waals surface area contributed by atoms with Crippen molar-refractivity contribution in [3.05, 3.63) is 11.9 Å². The fraction of sp³-hybridized carbons (Fsp3) is 0.684. The van der Waals surface area contributed by atoms with Crippen molar-refractivity contribution in [2.75, 3.05) is 23.7 Å². The first-order valence-electron chi connectivity index (χ1n) is 9.60. The molecule has 0 atom stereocenters.